The number of benzene rings is 1. The van der Waals surface area contributed by atoms with Gasteiger partial charge in [0, 0.05) is 25.7 Å². The zero-order valence-corrected chi connectivity index (χ0v) is 19.8. The second-order valence-corrected chi connectivity index (χ2v) is 8.03. The van der Waals surface area contributed by atoms with Crippen molar-refractivity contribution in [2.24, 2.45) is 0 Å². The molecule has 5 N–H and O–H groups in total. The number of carboxylic acid groups (broad SMARTS) is 5. The molecular weight excluding hydrogens is 482 g/mol. The lowest BCUT2D eigenvalue weighted by atomic mass is 10.0. The van der Waals surface area contributed by atoms with Crippen LogP contribution in [-0.4, -0.2) is 136 Å². The van der Waals surface area contributed by atoms with Gasteiger partial charge in [0.25, 0.3) is 0 Å². The quantitative estimate of drug-likeness (QED) is 0.149. The molecule has 0 aliphatic heterocycles. The van der Waals surface area contributed by atoms with Crippen LogP contribution >= 0.6 is 0 Å². The number of nitrogens with zero attached hydrogens (tertiary/aromatic N) is 3. The topological polar surface area (TPSA) is 205 Å². The first-order valence-electron chi connectivity index (χ1n) is 10.8. The summed E-state index contributed by atoms with van der Waals surface area (Å²) in [6.07, 6.45) is 0.199. The molecule has 36 heavy (non-hydrogen) atoms. The highest BCUT2D eigenvalue weighted by atomic mass is 16.5. The van der Waals surface area contributed by atoms with Crippen LogP contribution in [0.4, 0.5) is 0 Å². The minimum atomic E-state index is -1.27. The molecule has 1 aromatic rings. The number of hydrogen-bond donors (Lipinski definition) is 5. The van der Waals surface area contributed by atoms with Gasteiger partial charge in [-0.3, -0.25) is 38.7 Å². The number of methoxy groups -OCH3 is 1. The second kappa shape index (κ2) is 15.3. The summed E-state index contributed by atoms with van der Waals surface area (Å²) < 4.78 is 5.13. The normalized spacial score (nSPS) is 12.0. The third-order valence-corrected chi connectivity index (χ3v) is 5.09. The van der Waals surface area contributed by atoms with Crippen molar-refractivity contribution in [3.05, 3.63) is 29.8 Å². The molecule has 1 atom stereocenters. The van der Waals surface area contributed by atoms with Gasteiger partial charge in [0.05, 0.1) is 39.8 Å². The first-order valence-corrected chi connectivity index (χ1v) is 10.8. The molecule has 14 heteroatoms. The van der Waals surface area contributed by atoms with E-state index in [0.717, 1.165) is 15.4 Å². The molecule has 0 aromatic heterocycles. The third-order valence-electron chi connectivity index (χ3n) is 5.09. The van der Waals surface area contributed by atoms with Gasteiger partial charge in [0.2, 0.25) is 0 Å². The number of aliphatic carboxylic acids is 5. The summed E-state index contributed by atoms with van der Waals surface area (Å²) in [6.45, 7) is -3.20. The molecule has 1 rings (SSSR count). The molecule has 0 radical (unpaired) electrons. The maximum atomic E-state index is 11.6. The molecule has 0 aliphatic carbocycles. The summed E-state index contributed by atoms with van der Waals surface area (Å²) in [5.41, 5.74) is 0.731. The van der Waals surface area contributed by atoms with E-state index in [-0.39, 0.29) is 26.1 Å². The fraction of sp³-hybridized carbons (Fsp3) is 0.500. The molecule has 1 unspecified atom stereocenters. The lowest BCUT2D eigenvalue weighted by Gasteiger charge is -2.35. The molecular formula is C22H31N3O11. The minimum absolute atomic E-state index is 0.0678. The average Bonchev–Trinajstić information content (AvgIpc) is 2.74. The number of carbonyl (C=O) groups is 5. The fourth-order valence-corrected chi connectivity index (χ4v) is 3.64. The van der Waals surface area contributed by atoms with Crippen LogP contribution in [0.3, 0.4) is 0 Å². The molecule has 0 aliphatic rings. The van der Waals surface area contributed by atoms with Crippen molar-refractivity contribution in [1.29, 1.82) is 0 Å². The molecule has 14 nitrogen and oxygen atoms in total. The van der Waals surface area contributed by atoms with Crippen molar-refractivity contribution >= 4 is 29.8 Å². The highest BCUT2D eigenvalue weighted by molar-refractivity contribution is 5.73. The summed E-state index contributed by atoms with van der Waals surface area (Å²) in [5.74, 6) is -5.69. The number of carboxylic acids is 5. The summed E-state index contributed by atoms with van der Waals surface area (Å²) in [7, 11) is 1.49. The standard InChI is InChI=1S/C22H31N3O11/c1-36-17-4-2-15(3-5-17)8-16(9-24(12-20(30)31)13-21(32)33)25(14-22(34)35)7-6-23(10-18(26)27)11-19(28)29/h2-5,16H,6-14H2,1H3,(H,26,27)(H,28,29)(H,30,31)(H,32,33)(H,34,35). The summed E-state index contributed by atoms with van der Waals surface area (Å²) in [4.78, 5) is 60.2. The van der Waals surface area contributed by atoms with E-state index in [4.69, 9.17) is 14.9 Å². The van der Waals surface area contributed by atoms with E-state index in [2.05, 4.69) is 0 Å². The first kappa shape index (κ1) is 30.3. The van der Waals surface area contributed by atoms with Crippen molar-refractivity contribution in [2.75, 3.05) is 59.5 Å². The van der Waals surface area contributed by atoms with Crippen LogP contribution in [0.25, 0.3) is 0 Å². The molecule has 0 bridgehead atoms. The van der Waals surface area contributed by atoms with E-state index in [0.29, 0.717) is 5.75 Å². The van der Waals surface area contributed by atoms with Crippen molar-refractivity contribution in [3.8, 4) is 5.75 Å². The van der Waals surface area contributed by atoms with Gasteiger partial charge in [-0.2, -0.15) is 0 Å². The Morgan fingerprint density at radius 1 is 0.694 bits per heavy atom. The smallest absolute Gasteiger partial charge is 0.317 e. The Hall–Kier alpha value is -3.75. The Bertz CT molecular complexity index is 875. The number of rotatable bonds is 19. The molecule has 0 saturated heterocycles. The van der Waals surface area contributed by atoms with Gasteiger partial charge in [-0.15, -0.1) is 0 Å². The van der Waals surface area contributed by atoms with Gasteiger partial charge in [0.15, 0.2) is 0 Å². The van der Waals surface area contributed by atoms with E-state index in [9.17, 15) is 39.3 Å². The lowest BCUT2D eigenvalue weighted by molar-refractivity contribution is -0.143. The van der Waals surface area contributed by atoms with E-state index in [1.54, 1.807) is 24.3 Å². The maximum Gasteiger partial charge on any atom is 0.317 e. The van der Waals surface area contributed by atoms with E-state index in [1.807, 2.05) is 0 Å². The second-order valence-electron chi connectivity index (χ2n) is 8.03. The highest BCUT2D eigenvalue weighted by Gasteiger charge is 2.27. The van der Waals surface area contributed by atoms with Crippen molar-refractivity contribution in [1.82, 2.24) is 14.7 Å². The van der Waals surface area contributed by atoms with E-state index < -0.39 is 68.6 Å². The monoisotopic (exact) mass is 513 g/mol. The third kappa shape index (κ3) is 12.6. The van der Waals surface area contributed by atoms with Crippen molar-refractivity contribution in [2.45, 2.75) is 12.5 Å². The van der Waals surface area contributed by atoms with E-state index in [1.165, 1.54) is 12.0 Å². The van der Waals surface area contributed by atoms with Crippen LogP contribution in [0.1, 0.15) is 5.56 Å². The Balaban J connectivity index is 3.26. The SMILES string of the molecule is COc1ccc(CC(CN(CC(=O)O)CC(=O)O)N(CCN(CC(=O)O)CC(=O)O)CC(=O)O)cc1. The van der Waals surface area contributed by atoms with Crippen molar-refractivity contribution in [3.63, 3.8) is 0 Å². The van der Waals surface area contributed by atoms with Crippen LogP contribution in [0.2, 0.25) is 0 Å². The van der Waals surface area contributed by atoms with Gasteiger partial charge >= 0.3 is 29.8 Å². The zero-order valence-electron chi connectivity index (χ0n) is 19.8. The molecule has 200 valence electrons. The largest absolute Gasteiger partial charge is 0.497 e. The number of ether oxygens (including phenoxy) is 1. The first-order chi connectivity index (χ1) is 16.9. The molecule has 0 heterocycles. The highest BCUT2D eigenvalue weighted by Crippen LogP contribution is 2.16. The molecule has 0 saturated carbocycles. The minimum Gasteiger partial charge on any atom is -0.497 e. The zero-order chi connectivity index (χ0) is 27.3. The van der Waals surface area contributed by atoms with Crippen LogP contribution in [-0.2, 0) is 30.4 Å². The Kier molecular flexibility index (Phi) is 12.9. The van der Waals surface area contributed by atoms with Gasteiger partial charge in [-0.25, -0.2) is 0 Å². The molecule has 0 spiro atoms. The average molecular weight is 514 g/mol. The predicted octanol–water partition coefficient (Wildman–Crippen LogP) is -1.06. The van der Waals surface area contributed by atoms with Crippen molar-refractivity contribution < 1.29 is 54.2 Å². The summed E-state index contributed by atoms with van der Waals surface area (Å²) in [5, 5.41) is 46.0. The van der Waals surface area contributed by atoms with E-state index >= 15 is 0 Å². The molecule has 0 fully saturated rings. The Morgan fingerprint density at radius 3 is 1.56 bits per heavy atom. The number of hydrogen-bond acceptors (Lipinski definition) is 9. The molecule has 1 aromatic carbocycles. The van der Waals surface area contributed by atoms with Crippen LogP contribution in [0, 0.1) is 0 Å². The lowest BCUT2D eigenvalue weighted by Crippen LogP contribution is -2.51. The van der Waals surface area contributed by atoms with Gasteiger partial charge in [0.1, 0.15) is 5.75 Å². The molecule has 0 amide bonds. The van der Waals surface area contributed by atoms with Crippen LogP contribution < -0.4 is 4.74 Å². The maximum absolute atomic E-state index is 11.6. The van der Waals surface area contributed by atoms with Gasteiger partial charge in [-0.1, -0.05) is 12.1 Å². The van der Waals surface area contributed by atoms with Gasteiger partial charge < -0.3 is 30.3 Å². The Labute approximate surface area is 206 Å². The fourth-order valence-electron chi connectivity index (χ4n) is 3.64. The Morgan fingerprint density at radius 2 is 1.14 bits per heavy atom. The summed E-state index contributed by atoms with van der Waals surface area (Å²) in [6, 6.07) is 6.11. The van der Waals surface area contributed by atoms with Gasteiger partial charge in [-0.05, 0) is 24.1 Å². The summed E-state index contributed by atoms with van der Waals surface area (Å²) >= 11 is 0. The predicted molar refractivity (Wildman–Crippen MR) is 123 cm³/mol. The van der Waals surface area contributed by atoms with Crippen LogP contribution in [0.15, 0.2) is 24.3 Å². The van der Waals surface area contributed by atoms with Crippen LogP contribution in [0.5, 0.6) is 5.75 Å².